The first-order valence-corrected chi connectivity index (χ1v) is 1.16. The van der Waals surface area contributed by atoms with Crippen molar-refractivity contribution in [3.8, 4) is 0 Å². The van der Waals surface area contributed by atoms with Crippen LogP contribution < -0.4 is 34.7 Å². The zero-order valence-corrected chi connectivity index (χ0v) is 5.82. The summed E-state index contributed by atoms with van der Waals surface area (Å²) in [6.45, 7) is 1.16. The van der Waals surface area contributed by atoms with E-state index in [0.717, 1.165) is 12.9 Å². The largest absolute Gasteiger partial charge is 1.00 e. The summed E-state index contributed by atoms with van der Waals surface area (Å²) >= 11 is 0. The number of hydrogen-bond donors (Lipinski definition) is 0. The Bertz CT molecular complexity index is 68.9. The van der Waals surface area contributed by atoms with Crippen molar-refractivity contribution in [1.29, 1.82) is 0 Å². The summed E-state index contributed by atoms with van der Waals surface area (Å²) in [6.07, 6.45) is 0. The first-order chi connectivity index (χ1) is 2.27. The molecule has 0 radical (unpaired) electrons. The van der Waals surface area contributed by atoms with Gasteiger partial charge in [-0.2, -0.15) is 0 Å². The van der Waals surface area contributed by atoms with E-state index in [9.17, 15) is 5.11 Å². The summed E-state index contributed by atoms with van der Waals surface area (Å²) in [4.78, 5) is 9.03. The molecule has 0 unspecified atom stereocenters. The van der Waals surface area contributed by atoms with Crippen molar-refractivity contribution in [3.05, 3.63) is 5.76 Å². The molecule has 3 heteroatoms. The van der Waals surface area contributed by atoms with Crippen LogP contribution in [-0.4, -0.2) is 5.94 Å². The zero-order valence-electron chi connectivity index (χ0n) is 3.82. The minimum atomic E-state index is -0.551. The minimum Gasteiger partial charge on any atom is -0.868 e. The fourth-order valence-electron chi connectivity index (χ4n) is 0. The molecule has 0 rings (SSSR count). The fraction of sp³-hybridized carbons (Fsp3) is 0.333. The second-order valence-corrected chi connectivity index (χ2v) is 0.658. The molecule has 0 spiro atoms. The Morgan fingerprint density at radius 1 is 1.83 bits per heavy atom. The van der Waals surface area contributed by atoms with Crippen LogP contribution in [0, 0.1) is 0 Å². The zero-order chi connectivity index (χ0) is 4.28. The number of allylic oxidation sites excluding steroid dienone is 1. The van der Waals surface area contributed by atoms with Crippen molar-refractivity contribution in [2.24, 2.45) is 0 Å². The van der Waals surface area contributed by atoms with Gasteiger partial charge in [0.25, 0.3) is 0 Å². The van der Waals surface area contributed by atoms with Crippen LogP contribution in [-0.2, 0) is 4.79 Å². The molecule has 0 aromatic heterocycles. The van der Waals surface area contributed by atoms with E-state index in [-0.39, 0.29) is 29.6 Å². The Kier molecular flexibility index (Phi) is 8.35. The van der Waals surface area contributed by atoms with Crippen molar-refractivity contribution >= 4 is 5.94 Å². The van der Waals surface area contributed by atoms with E-state index in [4.69, 9.17) is 4.79 Å². The Morgan fingerprint density at radius 3 is 2.00 bits per heavy atom. The van der Waals surface area contributed by atoms with Gasteiger partial charge in [-0.3, -0.25) is 0 Å². The predicted octanol–water partition coefficient (Wildman–Crippen LogP) is -3.91. The van der Waals surface area contributed by atoms with Gasteiger partial charge in [0.05, 0.1) is 0 Å². The molecule has 0 fully saturated rings. The fourth-order valence-corrected chi connectivity index (χ4v) is 0. The molecule has 0 saturated carbocycles. The molecule has 0 aliphatic heterocycles. The molecule has 0 N–H and O–H groups in total. The van der Waals surface area contributed by atoms with Crippen LogP contribution in [0.25, 0.3) is 0 Å². The van der Waals surface area contributed by atoms with E-state index in [2.05, 4.69) is 0 Å². The van der Waals surface area contributed by atoms with E-state index < -0.39 is 5.76 Å². The third kappa shape index (κ3) is 8.87. The van der Waals surface area contributed by atoms with Crippen LogP contribution in [0.4, 0.5) is 0 Å². The van der Waals surface area contributed by atoms with Gasteiger partial charge in [0.1, 0.15) is 5.94 Å². The van der Waals surface area contributed by atoms with Gasteiger partial charge in [0.2, 0.25) is 0 Å². The van der Waals surface area contributed by atoms with E-state index in [1.807, 2.05) is 0 Å². The van der Waals surface area contributed by atoms with Crippen LogP contribution >= 0.6 is 0 Å². The molecule has 28 valence electrons. The van der Waals surface area contributed by atoms with E-state index in [1.165, 1.54) is 0 Å². The summed E-state index contributed by atoms with van der Waals surface area (Å²) in [5.41, 5.74) is 0. The minimum absolute atomic E-state index is 0. The van der Waals surface area contributed by atoms with Gasteiger partial charge in [-0.25, -0.2) is 4.79 Å². The van der Waals surface area contributed by atoms with Crippen LogP contribution in [0.3, 0.4) is 0 Å². The summed E-state index contributed by atoms with van der Waals surface area (Å²) in [7, 11) is 0. The first-order valence-electron chi connectivity index (χ1n) is 1.16. The van der Waals surface area contributed by atoms with Crippen molar-refractivity contribution in [2.45, 2.75) is 6.92 Å². The topological polar surface area (TPSA) is 40.1 Å². The molecule has 2 nitrogen and oxygen atoms in total. The van der Waals surface area contributed by atoms with Crippen LogP contribution in [0.5, 0.6) is 0 Å². The third-order valence-corrected chi connectivity index (χ3v) is 0.144. The molecule has 6 heavy (non-hydrogen) atoms. The quantitative estimate of drug-likeness (QED) is 0.175. The monoisotopic (exact) mass is 94.0 g/mol. The average Bonchev–Trinajstić information content (AvgIpc) is 1.38. The molecule has 0 saturated heterocycles. The van der Waals surface area contributed by atoms with Crippen LogP contribution in [0.2, 0.25) is 0 Å². The van der Waals surface area contributed by atoms with Gasteiger partial charge in [-0.1, -0.05) is 0 Å². The summed E-state index contributed by atoms with van der Waals surface area (Å²) in [5.74, 6) is 0.588. The van der Waals surface area contributed by atoms with Gasteiger partial charge in [-0.15, -0.1) is 0 Å². The molecule has 0 aliphatic rings. The molecule has 0 atom stereocenters. The van der Waals surface area contributed by atoms with Gasteiger partial charge in [0, 0.05) is 0 Å². The smallest absolute Gasteiger partial charge is 0.868 e. The predicted molar refractivity (Wildman–Crippen MR) is 14.9 cm³/mol. The molecule has 0 amide bonds. The van der Waals surface area contributed by atoms with Gasteiger partial charge in [-0.05, 0) is 12.7 Å². The number of carbonyl (C=O) groups excluding carboxylic acids is 1. The molecule has 0 bridgehead atoms. The molecular weight excluding hydrogens is 91.0 g/mol. The Morgan fingerprint density at radius 2 is 2.00 bits per heavy atom. The summed E-state index contributed by atoms with van der Waals surface area (Å²) in [5, 5.41) is 9.39. The van der Waals surface area contributed by atoms with Crippen molar-refractivity contribution in [1.82, 2.24) is 0 Å². The van der Waals surface area contributed by atoms with Crippen LogP contribution in [0.1, 0.15) is 6.92 Å². The van der Waals surface area contributed by atoms with Crippen LogP contribution in [0.15, 0.2) is 5.76 Å². The SMILES string of the molecule is CC([O-])=C=O.[Na+]. The molecule has 0 aromatic carbocycles. The molecule has 0 aromatic rings. The van der Waals surface area contributed by atoms with E-state index in [1.54, 1.807) is 0 Å². The van der Waals surface area contributed by atoms with Crippen molar-refractivity contribution in [3.63, 3.8) is 0 Å². The van der Waals surface area contributed by atoms with Crippen molar-refractivity contribution in [2.75, 3.05) is 0 Å². The average molecular weight is 94.0 g/mol. The van der Waals surface area contributed by atoms with Crippen molar-refractivity contribution < 1.29 is 39.5 Å². The maximum absolute atomic E-state index is 9.39. The van der Waals surface area contributed by atoms with Gasteiger partial charge < -0.3 is 5.11 Å². The standard InChI is InChI=1S/C3H4O2.Na/c1-3(5)2-4;/h5H,1H3;/q;+1/p-1. The Hall–Kier alpha value is 0.250. The van der Waals surface area contributed by atoms with E-state index in [0.29, 0.717) is 0 Å². The summed E-state index contributed by atoms with van der Waals surface area (Å²) in [6, 6.07) is 0. The molecular formula is C3H3NaO2. The Balaban J connectivity index is 0. The third-order valence-electron chi connectivity index (χ3n) is 0.144. The second-order valence-electron chi connectivity index (χ2n) is 0.658. The Labute approximate surface area is 58.1 Å². The normalized spacial score (nSPS) is 4.83. The molecule has 0 heterocycles. The number of hydrogen-bond acceptors (Lipinski definition) is 2. The van der Waals surface area contributed by atoms with Gasteiger partial charge >= 0.3 is 29.6 Å². The maximum Gasteiger partial charge on any atom is 1.00 e. The second kappa shape index (κ2) is 5.25. The maximum atomic E-state index is 9.39. The summed E-state index contributed by atoms with van der Waals surface area (Å²) < 4.78 is 0. The van der Waals surface area contributed by atoms with Gasteiger partial charge in [0.15, 0.2) is 0 Å². The number of rotatable bonds is 0. The molecule has 0 aliphatic carbocycles. The first kappa shape index (κ1) is 9.54. The van der Waals surface area contributed by atoms with E-state index >= 15 is 0 Å².